The summed E-state index contributed by atoms with van der Waals surface area (Å²) >= 11 is 3.55. The van der Waals surface area contributed by atoms with E-state index in [0.29, 0.717) is 12.2 Å². The number of pyridine rings is 1. The van der Waals surface area contributed by atoms with Crippen molar-refractivity contribution >= 4 is 15.9 Å². The van der Waals surface area contributed by atoms with Gasteiger partial charge in [-0.15, -0.1) is 0 Å². The Kier molecular flexibility index (Phi) is 4.67. The van der Waals surface area contributed by atoms with Gasteiger partial charge in [-0.2, -0.15) is 5.26 Å². The highest BCUT2D eigenvalue weighted by Crippen LogP contribution is 2.23. The molecule has 1 heterocycles. The number of nitriles is 1. The first kappa shape index (κ1) is 13.7. The van der Waals surface area contributed by atoms with E-state index in [9.17, 15) is 0 Å². The van der Waals surface area contributed by atoms with Gasteiger partial charge in [-0.25, -0.2) is 4.98 Å². The van der Waals surface area contributed by atoms with Crippen molar-refractivity contribution in [3.63, 3.8) is 0 Å². The molecular formula is C15H14BrN3. The van der Waals surface area contributed by atoms with Gasteiger partial charge in [0.1, 0.15) is 11.8 Å². The molecule has 4 heteroatoms. The van der Waals surface area contributed by atoms with E-state index < -0.39 is 0 Å². The molecule has 0 aliphatic carbocycles. The van der Waals surface area contributed by atoms with E-state index in [1.54, 1.807) is 6.20 Å². The van der Waals surface area contributed by atoms with E-state index in [1.165, 1.54) is 5.56 Å². The van der Waals surface area contributed by atoms with Crippen molar-refractivity contribution in [2.24, 2.45) is 0 Å². The fourth-order valence-corrected chi connectivity index (χ4v) is 2.51. The van der Waals surface area contributed by atoms with E-state index in [0.717, 1.165) is 10.0 Å². The summed E-state index contributed by atoms with van der Waals surface area (Å²) in [7, 11) is 0. The Balaban J connectivity index is 2.07. The lowest BCUT2D eigenvalue weighted by atomic mass is 10.1. The van der Waals surface area contributed by atoms with Crippen molar-refractivity contribution in [1.29, 1.82) is 5.26 Å². The molecule has 1 N–H and O–H groups in total. The number of rotatable bonds is 4. The molecule has 0 amide bonds. The van der Waals surface area contributed by atoms with Crippen LogP contribution in [0.1, 0.15) is 29.8 Å². The van der Waals surface area contributed by atoms with Gasteiger partial charge in [0.05, 0.1) is 0 Å². The normalized spacial score (nSPS) is 11.8. The molecule has 1 aromatic carbocycles. The molecule has 0 aliphatic heterocycles. The Bertz CT molecular complexity index is 604. The molecule has 2 aromatic rings. The topological polar surface area (TPSA) is 48.7 Å². The number of halogens is 1. The fraction of sp³-hybridized carbons (Fsp3) is 0.200. The molecule has 0 spiro atoms. The smallest absolute Gasteiger partial charge is 0.144 e. The van der Waals surface area contributed by atoms with Crippen molar-refractivity contribution in [1.82, 2.24) is 10.3 Å². The van der Waals surface area contributed by atoms with Crippen molar-refractivity contribution in [2.75, 3.05) is 0 Å². The SMILES string of the molecule is C[C@@H](NCc1cccnc1C#N)c1ccccc1Br. The van der Waals surface area contributed by atoms with Crippen LogP contribution < -0.4 is 5.32 Å². The van der Waals surface area contributed by atoms with Crippen molar-refractivity contribution in [3.8, 4) is 6.07 Å². The van der Waals surface area contributed by atoms with Gasteiger partial charge >= 0.3 is 0 Å². The highest BCUT2D eigenvalue weighted by molar-refractivity contribution is 9.10. The summed E-state index contributed by atoms with van der Waals surface area (Å²) in [4.78, 5) is 4.06. The average molecular weight is 316 g/mol. The Morgan fingerprint density at radius 3 is 2.84 bits per heavy atom. The van der Waals surface area contributed by atoms with E-state index >= 15 is 0 Å². The number of hydrogen-bond acceptors (Lipinski definition) is 3. The third-order valence-corrected chi connectivity index (χ3v) is 3.69. The molecule has 0 aliphatic rings. The predicted octanol–water partition coefficient (Wildman–Crippen LogP) is 3.57. The van der Waals surface area contributed by atoms with Gasteiger partial charge in [-0.1, -0.05) is 40.2 Å². The van der Waals surface area contributed by atoms with Crippen LogP contribution in [0.3, 0.4) is 0 Å². The first-order valence-electron chi connectivity index (χ1n) is 6.04. The number of nitrogens with zero attached hydrogens (tertiary/aromatic N) is 2. The van der Waals surface area contributed by atoms with E-state index in [1.807, 2.05) is 30.3 Å². The van der Waals surface area contributed by atoms with Gasteiger partial charge in [0.25, 0.3) is 0 Å². The number of hydrogen-bond donors (Lipinski definition) is 1. The average Bonchev–Trinajstić information content (AvgIpc) is 2.45. The molecule has 0 fully saturated rings. The monoisotopic (exact) mass is 315 g/mol. The first-order valence-corrected chi connectivity index (χ1v) is 6.83. The standard InChI is InChI=1S/C15H14BrN3/c1-11(13-6-2-3-7-14(13)16)19-10-12-5-4-8-18-15(12)9-17/h2-8,11,19H,10H2,1H3/t11-/m1/s1. The fourth-order valence-electron chi connectivity index (χ4n) is 1.88. The summed E-state index contributed by atoms with van der Waals surface area (Å²) in [5.74, 6) is 0. The summed E-state index contributed by atoms with van der Waals surface area (Å²) in [5.41, 5.74) is 2.60. The molecule has 1 aromatic heterocycles. The van der Waals surface area contributed by atoms with Gasteiger partial charge in [0.15, 0.2) is 0 Å². The quantitative estimate of drug-likeness (QED) is 0.938. The van der Waals surface area contributed by atoms with Gasteiger partial charge in [0, 0.05) is 28.8 Å². The second-order valence-electron chi connectivity index (χ2n) is 4.25. The minimum atomic E-state index is 0.197. The van der Waals surface area contributed by atoms with E-state index in [4.69, 9.17) is 5.26 Å². The summed E-state index contributed by atoms with van der Waals surface area (Å²) in [5, 5.41) is 12.4. The molecule has 0 saturated heterocycles. The van der Waals surface area contributed by atoms with Crippen molar-refractivity contribution in [2.45, 2.75) is 19.5 Å². The summed E-state index contributed by atoms with van der Waals surface area (Å²) in [6.07, 6.45) is 1.64. The lowest BCUT2D eigenvalue weighted by molar-refractivity contribution is 0.571. The van der Waals surface area contributed by atoms with Crippen molar-refractivity contribution < 1.29 is 0 Å². The largest absolute Gasteiger partial charge is 0.306 e. The molecule has 0 unspecified atom stereocenters. The Hall–Kier alpha value is -1.70. The summed E-state index contributed by atoms with van der Waals surface area (Å²) < 4.78 is 1.08. The van der Waals surface area contributed by atoms with Crippen LogP contribution in [0.5, 0.6) is 0 Å². The van der Waals surface area contributed by atoms with Crippen LogP contribution in [0, 0.1) is 11.3 Å². The van der Waals surface area contributed by atoms with Gasteiger partial charge in [-0.3, -0.25) is 0 Å². The molecule has 96 valence electrons. The zero-order valence-corrected chi connectivity index (χ0v) is 12.2. The first-order chi connectivity index (χ1) is 9.22. The van der Waals surface area contributed by atoms with Crippen LogP contribution >= 0.6 is 15.9 Å². The molecule has 1 atom stereocenters. The lowest BCUT2D eigenvalue weighted by Gasteiger charge is -2.16. The Morgan fingerprint density at radius 1 is 1.32 bits per heavy atom. The van der Waals surface area contributed by atoms with E-state index in [2.05, 4.69) is 45.3 Å². The molecule has 19 heavy (non-hydrogen) atoms. The summed E-state index contributed by atoms with van der Waals surface area (Å²) in [6.45, 7) is 2.72. The maximum atomic E-state index is 9.00. The highest BCUT2D eigenvalue weighted by atomic mass is 79.9. The molecule has 0 saturated carbocycles. The highest BCUT2D eigenvalue weighted by Gasteiger charge is 2.09. The van der Waals surface area contributed by atoms with Crippen LogP contribution in [0.25, 0.3) is 0 Å². The summed E-state index contributed by atoms with van der Waals surface area (Å²) in [6, 6.07) is 14.2. The number of nitrogens with one attached hydrogen (secondary N) is 1. The minimum Gasteiger partial charge on any atom is -0.306 e. The number of aromatic nitrogens is 1. The molecule has 2 rings (SSSR count). The maximum Gasteiger partial charge on any atom is 0.144 e. The van der Waals surface area contributed by atoms with Crippen molar-refractivity contribution in [3.05, 3.63) is 63.9 Å². The maximum absolute atomic E-state index is 9.00. The molecule has 0 bridgehead atoms. The number of benzene rings is 1. The second kappa shape index (κ2) is 6.46. The van der Waals surface area contributed by atoms with Gasteiger partial charge in [0.2, 0.25) is 0 Å². The third kappa shape index (κ3) is 3.40. The van der Waals surface area contributed by atoms with Crippen LogP contribution in [-0.2, 0) is 6.54 Å². The van der Waals surface area contributed by atoms with Crippen LogP contribution in [0.15, 0.2) is 47.1 Å². The molecule has 0 radical (unpaired) electrons. The minimum absolute atomic E-state index is 0.197. The van der Waals surface area contributed by atoms with Crippen LogP contribution in [0.4, 0.5) is 0 Å². The zero-order valence-electron chi connectivity index (χ0n) is 10.6. The predicted molar refractivity (Wildman–Crippen MR) is 78.3 cm³/mol. The molecule has 3 nitrogen and oxygen atoms in total. The van der Waals surface area contributed by atoms with Gasteiger partial charge < -0.3 is 5.32 Å². The third-order valence-electron chi connectivity index (χ3n) is 2.97. The van der Waals surface area contributed by atoms with Gasteiger partial charge in [-0.05, 0) is 24.6 Å². The Morgan fingerprint density at radius 2 is 2.11 bits per heavy atom. The molecular weight excluding hydrogens is 302 g/mol. The van der Waals surface area contributed by atoms with Crippen LogP contribution in [0.2, 0.25) is 0 Å². The lowest BCUT2D eigenvalue weighted by Crippen LogP contribution is -2.19. The Labute approximate surface area is 121 Å². The zero-order chi connectivity index (χ0) is 13.7. The second-order valence-corrected chi connectivity index (χ2v) is 5.10. The van der Waals surface area contributed by atoms with Crippen LogP contribution in [-0.4, -0.2) is 4.98 Å². The van der Waals surface area contributed by atoms with E-state index in [-0.39, 0.29) is 6.04 Å².